The fraction of sp³-hybridized carbons (Fsp3) is 0.692. The van der Waals surface area contributed by atoms with E-state index in [0.29, 0.717) is 24.6 Å². The molecule has 2 aliphatic heterocycles. The fourth-order valence-electron chi connectivity index (χ4n) is 5.12. The summed E-state index contributed by atoms with van der Waals surface area (Å²) in [6.07, 6.45) is 7.31. The van der Waals surface area contributed by atoms with E-state index in [4.69, 9.17) is 16.3 Å². The largest absolute Gasteiger partial charge is 0.493 e. The molecule has 3 rings (SSSR count). The zero-order chi connectivity index (χ0) is 23.1. The first-order valence-electron chi connectivity index (χ1n) is 12.3. The Labute approximate surface area is 198 Å². The number of benzene rings is 1. The third kappa shape index (κ3) is 6.18. The highest BCUT2D eigenvalue weighted by atomic mass is 35.5. The van der Waals surface area contributed by atoms with Crippen LogP contribution in [0.5, 0.6) is 5.75 Å². The molecule has 2 aliphatic rings. The molecule has 0 aliphatic carbocycles. The molecule has 178 valence electrons. The fourth-order valence-corrected chi connectivity index (χ4v) is 5.24. The van der Waals surface area contributed by atoms with Crippen LogP contribution in [0.25, 0.3) is 0 Å². The summed E-state index contributed by atoms with van der Waals surface area (Å²) in [5, 5.41) is 0.715. The zero-order valence-electron chi connectivity index (χ0n) is 20.0. The van der Waals surface area contributed by atoms with E-state index in [1.54, 1.807) is 0 Å². The molecule has 6 heteroatoms. The second kappa shape index (κ2) is 11.4. The summed E-state index contributed by atoms with van der Waals surface area (Å²) >= 11 is 6.17. The van der Waals surface area contributed by atoms with E-state index in [0.717, 1.165) is 69.5 Å². The highest BCUT2D eigenvalue weighted by Crippen LogP contribution is 2.37. The normalized spacial score (nSPS) is 21.7. The van der Waals surface area contributed by atoms with Crippen LogP contribution < -0.4 is 4.74 Å². The van der Waals surface area contributed by atoms with Gasteiger partial charge in [0.25, 0.3) is 0 Å². The molecule has 0 aromatic heterocycles. The van der Waals surface area contributed by atoms with Crippen molar-refractivity contribution in [2.24, 2.45) is 11.3 Å². The minimum atomic E-state index is -0.359. The molecule has 2 amide bonds. The third-order valence-corrected chi connectivity index (χ3v) is 7.64. The van der Waals surface area contributed by atoms with Crippen LogP contribution in [0.4, 0.5) is 0 Å². The number of carbonyl (C=O) groups excluding carboxylic acids is 2. The molecule has 0 bridgehead atoms. The number of rotatable bonds is 8. The molecule has 0 radical (unpaired) electrons. The summed E-state index contributed by atoms with van der Waals surface area (Å²) in [5.41, 5.74) is 0.610. The van der Waals surface area contributed by atoms with Crippen molar-refractivity contribution in [1.82, 2.24) is 9.80 Å². The zero-order valence-corrected chi connectivity index (χ0v) is 20.8. The summed E-state index contributed by atoms with van der Waals surface area (Å²) in [4.78, 5) is 30.4. The Kier molecular flexibility index (Phi) is 8.87. The van der Waals surface area contributed by atoms with Crippen LogP contribution in [0.3, 0.4) is 0 Å². The maximum Gasteiger partial charge on any atom is 0.225 e. The monoisotopic (exact) mass is 462 g/mol. The van der Waals surface area contributed by atoms with Crippen molar-refractivity contribution >= 4 is 23.4 Å². The van der Waals surface area contributed by atoms with Gasteiger partial charge >= 0.3 is 0 Å². The average Bonchev–Trinajstić information content (AvgIpc) is 2.81. The van der Waals surface area contributed by atoms with Crippen LogP contribution in [0, 0.1) is 18.3 Å². The Morgan fingerprint density at radius 3 is 2.41 bits per heavy atom. The molecule has 0 N–H and O–H groups in total. The molecular weight excluding hydrogens is 424 g/mol. The Balaban J connectivity index is 1.78. The van der Waals surface area contributed by atoms with Crippen molar-refractivity contribution in [2.45, 2.75) is 72.1 Å². The number of piperidine rings is 2. The predicted octanol–water partition coefficient (Wildman–Crippen LogP) is 5.47. The SMILES string of the molecule is CCC(CC)C(=O)N1CCCC(COc2ccc(Cl)c(C)c2)(CC(=O)N2CCCCC2)C1. The van der Waals surface area contributed by atoms with Gasteiger partial charge in [-0.15, -0.1) is 0 Å². The summed E-state index contributed by atoms with van der Waals surface area (Å²) < 4.78 is 6.25. The van der Waals surface area contributed by atoms with E-state index >= 15 is 0 Å². The number of nitrogens with zero attached hydrogens (tertiary/aromatic N) is 2. The van der Waals surface area contributed by atoms with E-state index in [1.807, 2.05) is 34.9 Å². The van der Waals surface area contributed by atoms with E-state index in [-0.39, 0.29) is 23.1 Å². The highest BCUT2D eigenvalue weighted by Gasteiger charge is 2.41. The van der Waals surface area contributed by atoms with Gasteiger partial charge in [-0.1, -0.05) is 25.4 Å². The van der Waals surface area contributed by atoms with Gasteiger partial charge in [-0.25, -0.2) is 0 Å². The molecule has 2 heterocycles. The molecule has 5 nitrogen and oxygen atoms in total. The topological polar surface area (TPSA) is 49.9 Å². The summed E-state index contributed by atoms with van der Waals surface area (Å²) in [7, 11) is 0. The van der Waals surface area contributed by atoms with Crippen LogP contribution in [0.15, 0.2) is 18.2 Å². The number of hydrogen-bond donors (Lipinski definition) is 0. The van der Waals surface area contributed by atoms with Gasteiger partial charge in [-0.3, -0.25) is 9.59 Å². The first-order chi connectivity index (χ1) is 15.4. The lowest BCUT2D eigenvalue weighted by Gasteiger charge is -2.44. The minimum absolute atomic E-state index is 0.0587. The van der Waals surface area contributed by atoms with Crippen molar-refractivity contribution in [1.29, 1.82) is 0 Å². The van der Waals surface area contributed by atoms with Gasteiger partial charge in [0.2, 0.25) is 11.8 Å². The van der Waals surface area contributed by atoms with E-state index in [9.17, 15) is 9.59 Å². The Morgan fingerprint density at radius 1 is 1.06 bits per heavy atom. The quantitative estimate of drug-likeness (QED) is 0.514. The smallest absolute Gasteiger partial charge is 0.225 e. The molecule has 0 saturated carbocycles. The lowest BCUT2D eigenvalue weighted by atomic mass is 9.76. The second-order valence-corrected chi connectivity index (χ2v) is 10.1. The lowest BCUT2D eigenvalue weighted by molar-refractivity contribution is -0.144. The summed E-state index contributed by atoms with van der Waals surface area (Å²) in [6.45, 7) is 9.61. The molecular formula is C26H39ClN2O3. The molecule has 0 spiro atoms. The second-order valence-electron chi connectivity index (χ2n) is 9.69. The standard InChI is InChI=1S/C26H39ClN2O3/c1-4-21(5-2)25(31)29-15-9-12-26(18-29,17-24(30)28-13-7-6-8-14-28)19-32-22-10-11-23(27)20(3)16-22/h10-11,16,21H,4-9,12-15,17-19H2,1-3H3. The minimum Gasteiger partial charge on any atom is -0.493 e. The van der Waals surface area contributed by atoms with Crippen molar-refractivity contribution in [3.05, 3.63) is 28.8 Å². The summed E-state index contributed by atoms with van der Waals surface area (Å²) in [5.74, 6) is 1.26. The Bertz CT molecular complexity index is 789. The van der Waals surface area contributed by atoms with E-state index in [2.05, 4.69) is 13.8 Å². The highest BCUT2D eigenvalue weighted by molar-refractivity contribution is 6.31. The van der Waals surface area contributed by atoms with Gasteiger partial charge in [0.1, 0.15) is 5.75 Å². The van der Waals surface area contributed by atoms with Gasteiger partial charge in [-0.2, -0.15) is 0 Å². The Morgan fingerprint density at radius 2 is 1.75 bits per heavy atom. The van der Waals surface area contributed by atoms with Gasteiger partial charge in [0, 0.05) is 49.0 Å². The molecule has 2 saturated heterocycles. The first-order valence-corrected chi connectivity index (χ1v) is 12.7. The number of halogens is 1. The lowest BCUT2D eigenvalue weighted by Crippen LogP contribution is -2.52. The van der Waals surface area contributed by atoms with Gasteiger partial charge < -0.3 is 14.5 Å². The number of amides is 2. The van der Waals surface area contributed by atoms with Crippen LogP contribution in [0.2, 0.25) is 5.02 Å². The number of carbonyl (C=O) groups is 2. The summed E-state index contributed by atoms with van der Waals surface area (Å²) in [6, 6.07) is 5.67. The average molecular weight is 463 g/mol. The van der Waals surface area contributed by atoms with Crippen LogP contribution >= 0.6 is 11.6 Å². The first kappa shape index (κ1) is 24.9. The number of ether oxygens (including phenoxy) is 1. The van der Waals surface area contributed by atoms with Crippen molar-refractivity contribution in [2.75, 3.05) is 32.8 Å². The maximum atomic E-state index is 13.3. The van der Waals surface area contributed by atoms with Gasteiger partial charge in [0.05, 0.1) is 6.61 Å². The van der Waals surface area contributed by atoms with Crippen LogP contribution in [-0.4, -0.2) is 54.4 Å². The van der Waals surface area contributed by atoms with Gasteiger partial charge in [-0.05, 0) is 75.6 Å². The predicted molar refractivity (Wildman–Crippen MR) is 129 cm³/mol. The number of hydrogen-bond acceptors (Lipinski definition) is 3. The van der Waals surface area contributed by atoms with E-state index in [1.165, 1.54) is 6.42 Å². The molecule has 1 aromatic rings. The molecule has 1 unspecified atom stereocenters. The van der Waals surface area contributed by atoms with E-state index < -0.39 is 0 Å². The number of likely N-dealkylation sites (tertiary alicyclic amines) is 2. The molecule has 1 aromatic carbocycles. The van der Waals surface area contributed by atoms with Crippen molar-refractivity contribution < 1.29 is 14.3 Å². The third-order valence-electron chi connectivity index (χ3n) is 7.22. The van der Waals surface area contributed by atoms with Crippen molar-refractivity contribution in [3.8, 4) is 5.75 Å². The molecule has 32 heavy (non-hydrogen) atoms. The van der Waals surface area contributed by atoms with Crippen LogP contribution in [-0.2, 0) is 9.59 Å². The number of aryl methyl sites for hydroxylation is 1. The maximum absolute atomic E-state index is 13.3. The molecule has 2 fully saturated rings. The van der Waals surface area contributed by atoms with Crippen LogP contribution in [0.1, 0.15) is 70.8 Å². The Hall–Kier alpha value is -1.75. The van der Waals surface area contributed by atoms with Gasteiger partial charge in [0.15, 0.2) is 0 Å². The van der Waals surface area contributed by atoms with Crippen molar-refractivity contribution in [3.63, 3.8) is 0 Å². The molecule has 1 atom stereocenters.